The second-order valence-corrected chi connectivity index (χ2v) is 5.30. The third-order valence-electron chi connectivity index (χ3n) is 4.03. The summed E-state index contributed by atoms with van der Waals surface area (Å²) in [5, 5.41) is 0. The van der Waals surface area contributed by atoms with Crippen LogP contribution in [0.5, 0.6) is 0 Å². The Kier molecular flexibility index (Phi) is 3.53. The van der Waals surface area contributed by atoms with E-state index in [-0.39, 0.29) is 5.56 Å². The molecular weight excluding hydrogens is 277 g/mol. The Bertz CT molecular complexity index is 688. The molecule has 4 heteroatoms. The molecule has 1 aliphatic rings. The Morgan fingerprint density at radius 2 is 1.57 bits per heavy atom. The predicted molar refractivity (Wildman–Crippen MR) is 72.8 cm³/mol. The van der Waals surface area contributed by atoms with Gasteiger partial charge in [0.15, 0.2) is 23.2 Å². The van der Waals surface area contributed by atoms with Gasteiger partial charge < -0.3 is 0 Å². The van der Waals surface area contributed by atoms with Gasteiger partial charge in [0.2, 0.25) is 0 Å². The number of ketones is 1. The van der Waals surface area contributed by atoms with E-state index in [0.717, 1.165) is 30.5 Å². The van der Waals surface area contributed by atoms with Gasteiger partial charge in [-0.05, 0) is 36.5 Å². The molecule has 0 N–H and O–H groups in total. The lowest BCUT2D eigenvalue weighted by atomic mass is 9.80. The molecule has 1 aliphatic carbocycles. The van der Waals surface area contributed by atoms with Crippen molar-refractivity contribution in [2.45, 2.75) is 25.2 Å². The molecule has 0 radical (unpaired) electrons. The van der Waals surface area contributed by atoms with Crippen LogP contribution in [0.15, 0.2) is 36.4 Å². The van der Waals surface area contributed by atoms with Crippen molar-refractivity contribution in [3.63, 3.8) is 0 Å². The van der Waals surface area contributed by atoms with Crippen LogP contribution in [0, 0.1) is 17.5 Å². The minimum absolute atomic E-state index is 0.267. The number of benzene rings is 2. The fourth-order valence-electron chi connectivity index (χ4n) is 2.51. The molecule has 0 aromatic heterocycles. The lowest BCUT2D eigenvalue weighted by Gasteiger charge is -2.25. The second kappa shape index (κ2) is 5.35. The van der Waals surface area contributed by atoms with Crippen molar-refractivity contribution in [2.75, 3.05) is 0 Å². The molecule has 0 heterocycles. The van der Waals surface area contributed by atoms with Crippen molar-refractivity contribution >= 4 is 5.78 Å². The number of halogens is 3. The van der Waals surface area contributed by atoms with Crippen LogP contribution in [-0.2, 0) is 0 Å². The molecule has 0 amide bonds. The number of hydrogen-bond donors (Lipinski definition) is 0. The van der Waals surface area contributed by atoms with Crippen molar-refractivity contribution in [3.05, 3.63) is 70.5 Å². The van der Waals surface area contributed by atoms with Crippen LogP contribution in [0.3, 0.4) is 0 Å². The van der Waals surface area contributed by atoms with E-state index >= 15 is 0 Å². The normalized spacial score (nSPS) is 14.8. The highest BCUT2D eigenvalue weighted by Gasteiger charge is 2.22. The number of rotatable bonds is 3. The maximum absolute atomic E-state index is 13.6. The quantitative estimate of drug-likeness (QED) is 0.596. The van der Waals surface area contributed by atoms with Gasteiger partial charge in [0.05, 0.1) is 5.56 Å². The summed E-state index contributed by atoms with van der Waals surface area (Å²) in [7, 11) is 0. The summed E-state index contributed by atoms with van der Waals surface area (Å²) in [6.45, 7) is 0. The third-order valence-corrected chi connectivity index (χ3v) is 4.03. The smallest absolute Gasteiger partial charge is 0.196 e. The van der Waals surface area contributed by atoms with Gasteiger partial charge in [-0.3, -0.25) is 4.79 Å². The zero-order chi connectivity index (χ0) is 15.0. The summed E-state index contributed by atoms with van der Waals surface area (Å²) in [5.74, 6) is -4.47. The highest BCUT2D eigenvalue weighted by molar-refractivity contribution is 6.09. The molecule has 0 atom stereocenters. The highest BCUT2D eigenvalue weighted by atomic mass is 19.2. The van der Waals surface area contributed by atoms with E-state index in [1.807, 2.05) is 12.1 Å². The summed E-state index contributed by atoms with van der Waals surface area (Å²) in [6.07, 6.45) is 3.50. The number of carbonyl (C=O) groups excluding carboxylic acids is 1. The average Bonchev–Trinajstić information content (AvgIpc) is 2.43. The van der Waals surface area contributed by atoms with E-state index in [4.69, 9.17) is 0 Å². The maximum atomic E-state index is 13.6. The van der Waals surface area contributed by atoms with Gasteiger partial charge in [-0.25, -0.2) is 13.2 Å². The van der Waals surface area contributed by atoms with Crippen LogP contribution < -0.4 is 0 Å². The van der Waals surface area contributed by atoms with Gasteiger partial charge in [0, 0.05) is 5.56 Å². The van der Waals surface area contributed by atoms with Crippen LogP contribution >= 0.6 is 0 Å². The molecule has 0 bridgehead atoms. The van der Waals surface area contributed by atoms with E-state index in [1.165, 1.54) is 6.42 Å². The molecule has 1 fully saturated rings. The zero-order valence-corrected chi connectivity index (χ0v) is 11.2. The van der Waals surface area contributed by atoms with E-state index in [1.54, 1.807) is 12.1 Å². The molecular formula is C17H13F3O. The zero-order valence-electron chi connectivity index (χ0n) is 11.2. The molecule has 2 aromatic carbocycles. The largest absolute Gasteiger partial charge is 0.288 e. The molecule has 2 aromatic rings. The Labute approximate surface area is 120 Å². The SMILES string of the molecule is O=C(c1ccc(C2CCC2)cc1)c1ccc(F)c(F)c1F. The predicted octanol–water partition coefficient (Wildman–Crippen LogP) is 4.60. The fraction of sp³-hybridized carbons (Fsp3) is 0.235. The Morgan fingerprint density at radius 3 is 2.14 bits per heavy atom. The molecule has 1 nitrogen and oxygen atoms in total. The summed E-state index contributed by atoms with van der Waals surface area (Å²) in [4.78, 5) is 12.2. The molecule has 21 heavy (non-hydrogen) atoms. The van der Waals surface area contributed by atoms with Gasteiger partial charge >= 0.3 is 0 Å². The number of hydrogen-bond acceptors (Lipinski definition) is 1. The van der Waals surface area contributed by atoms with Gasteiger partial charge in [-0.15, -0.1) is 0 Å². The van der Waals surface area contributed by atoms with E-state index < -0.39 is 28.8 Å². The van der Waals surface area contributed by atoms with E-state index in [0.29, 0.717) is 5.92 Å². The van der Waals surface area contributed by atoms with E-state index in [2.05, 4.69) is 0 Å². The molecule has 0 aliphatic heterocycles. The lowest BCUT2D eigenvalue weighted by molar-refractivity contribution is 0.103. The topological polar surface area (TPSA) is 17.1 Å². The Balaban J connectivity index is 1.89. The van der Waals surface area contributed by atoms with Crippen LogP contribution in [0.2, 0.25) is 0 Å². The molecule has 0 saturated heterocycles. The fourth-order valence-corrected chi connectivity index (χ4v) is 2.51. The van der Waals surface area contributed by atoms with Crippen LogP contribution in [0.25, 0.3) is 0 Å². The second-order valence-electron chi connectivity index (χ2n) is 5.30. The van der Waals surface area contributed by atoms with Gasteiger partial charge in [-0.1, -0.05) is 30.7 Å². The molecule has 0 spiro atoms. The summed E-state index contributed by atoms with van der Waals surface area (Å²) in [5.41, 5.74) is 0.969. The van der Waals surface area contributed by atoms with E-state index in [9.17, 15) is 18.0 Å². The Morgan fingerprint density at radius 1 is 0.905 bits per heavy atom. The van der Waals surface area contributed by atoms with Gasteiger partial charge in [-0.2, -0.15) is 0 Å². The minimum Gasteiger partial charge on any atom is -0.288 e. The average molecular weight is 290 g/mol. The van der Waals surface area contributed by atoms with Crippen LogP contribution in [0.1, 0.15) is 46.7 Å². The van der Waals surface area contributed by atoms with Crippen molar-refractivity contribution in [1.29, 1.82) is 0 Å². The first kappa shape index (κ1) is 13.9. The maximum Gasteiger partial charge on any atom is 0.196 e. The summed E-state index contributed by atoms with van der Waals surface area (Å²) < 4.78 is 39.7. The van der Waals surface area contributed by atoms with Crippen LogP contribution in [0.4, 0.5) is 13.2 Å². The minimum atomic E-state index is -1.62. The van der Waals surface area contributed by atoms with Crippen molar-refractivity contribution in [2.24, 2.45) is 0 Å². The molecule has 0 unspecified atom stereocenters. The number of carbonyl (C=O) groups is 1. The molecule has 3 rings (SSSR count). The molecule has 1 saturated carbocycles. The van der Waals surface area contributed by atoms with Gasteiger partial charge in [0.25, 0.3) is 0 Å². The van der Waals surface area contributed by atoms with Crippen molar-refractivity contribution in [1.82, 2.24) is 0 Å². The molecule has 108 valence electrons. The van der Waals surface area contributed by atoms with Crippen molar-refractivity contribution < 1.29 is 18.0 Å². The Hall–Kier alpha value is -2.10. The lowest BCUT2D eigenvalue weighted by Crippen LogP contribution is -2.10. The summed E-state index contributed by atoms with van der Waals surface area (Å²) >= 11 is 0. The first-order chi connectivity index (χ1) is 10.1. The highest BCUT2D eigenvalue weighted by Crippen LogP contribution is 2.36. The van der Waals surface area contributed by atoms with Gasteiger partial charge in [0.1, 0.15) is 0 Å². The summed E-state index contributed by atoms with van der Waals surface area (Å²) in [6, 6.07) is 8.63. The monoisotopic (exact) mass is 290 g/mol. The first-order valence-corrected chi connectivity index (χ1v) is 6.86. The third kappa shape index (κ3) is 2.46. The van der Waals surface area contributed by atoms with Crippen molar-refractivity contribution in [3.8, 4) is 0 Å². The standard InChI is InChI=1S/C17H13F3O/c18-14-9-8-13(15(19)16(14)20)17(21)12-6-4-11(5-7-12)10-2-1-3-10/h4-10H,1-3H2. The van der Waals surface area contributed by atoms with Crippen LogP contribution in [-0.4, -0.2) is 5.78 Å². The first-order valence-electron chi connectivity index (χ1n) is 6.86.